The number of nitrogens with one attached hydrogen (secondary N) is 3. The maximum absolute atomic E-state index is 12.8. The van der Waals surface area contributed by atoms with Gasteiger partial charge in [-0.2, -0.15) is 5.10 Å². The lowest BCUT2D eigenvalue weighted by Crippen LogP contribution is -2.54. The summed E-state index contributed by atoms with van der Waals surface area (Å²) in [4.78, 5) is 14.7. The van der Waals surface area contributed by atoms with Crippen molar-refractivity contribution in [2.45, 2.75) is 45.7 Å². The predicted octanol–water partition coefficient (Wildman–Crippen LogP) is 2.68. The molecule has 1 unspecified atom stereocenters. The van der Waals surface area contributed by atoms with E-state index in [9.17, 15) is 4.79 Å². The fourth-order valence-electron chi connectivity index (χ4n) is 4.69. The molecule has 35 heavy (non-hydrogen) atoms. The molecule has 1 atom stereocenters. The summed E-state index contributed by atoms with van der Waals surface area (Å²) in [7, 11) is 1.78. The monoisotopic (exact) mass is 477 g/mol. The summed E-state index contributed by atoms with van der Waals surface area (Å²) in [5, 5.41) is 18.9. The van der Waals surface area contributed by atoms with Gasteiger partial charge in [-0.1, -0.05) is 38.1 Å². The summed E-state index contributed by atoms with van der Waals surface area (Å²) in [6.07, 6.45) is 1.75. The van der Waals surface area contributed by atoms with Gasteiger partial charge in [0.15, 0.2) is 0 Å². The zero-order chi connectivity index (χ0) is 25.3. The molecule has 1 saturated heterocycles. The third-order valence-electron chi connectivity index (χ3n) is 6.67. The first kappa shape index (κ1) is 24.7. The van der Waals surface area contributed by atoms with Crippen LogP contribution in [0.15, 0.2) is 36.5 Å². The summed E-state index contributed by atoms with van der Waals surface area (Å²) in [5.41, 5.74) is 6.93. The van der Waals surface area contributed by atoms with Crippen molar-refractivity contribution in [2.75, 3.05) is 32.6 Å². The van der Waals surface area contributed by atoms with Crippen molar-refractivity contribution in [3.05, 3.63) is 58.7 Å². The second-order valence-electron chi connectivity index (χ2n) is 9.50. The Morgan fingerprint density at radius 2 is 1.97 bits per heavy atom. The second-order valence-corrected chi connectivity index (χ2v) is 9.50. The average Bonchev–Trinajstić information content (AvgIpc) is 3.25. The number of carbonyl (C=O) groups excluding carboxylic acids is 1. The van der Waals surface area contributed by atoms with Crippen molar-refractivity contribution in [3.63, 3.8) is 0 Å². The van der Waals surface area contributed by atoms with Crippen LogP contribution in [0.4, 0.5) is 0 Å². The number of amides is 1. The van der Waals surface area contributed by atoms with Crippen molar-refractivity contribution in [1.29, 1.82) is 5.41 Å². The van der Waals surface area contributed by atoms with Gasteiger partial charge >= 0.3 is 0 Å². The third kappa shape index (κ3) is 4.74. The smallest absolute Gasteiger partial charge is 0.237 e. The van der Waals surface area contributed by atoms with E-state index in [0.717, 1.165) is 39.2 Å². The molecule has 1 aromatic carbocycles. The van der Waals surface area contributed by atoms with Crippen LogP contribution in [0.3, 0.4) is 0 Å². The molecule has 3 heterocycles. The van der Waals surface area contributed by atoms with E-state index in [1.807, 2.05) is 17.9 Å². The number of hydrogen-bond acceptors (Lipinski definition) is 6. The highest BCUT2D eigenvalue weighted by atomic mass is 16.5. The maximum Gasteiger partial charge on any atom is 0.237 e. The van der Waals surface area contributed by atoms with Gasteiger partial charge in [0.25, 0.3) is 0 Å². The number of aryl methyl sites for hydroxylation is 1. The minimum atomic E-state index is -0.0653. The largest absolute Gasteiger partial charge is 0.377 e. The lowest BCUT2D eigenvalue weighted by atomic mass is 9.93. The number of pyridine rings is 1. The van der Waals surface area contributed by atoms with Gasteiger partial charge in [0.2, 0.25) is 5.91 Å². The summed E-state index contributed by atoms with van der Waals surface area (Å²) in [5.74, 6) is 6.29. The summed E-state index contributed by atoms with van der Waals surface area (Å²) < 4.78 is 6.69. The number of nitrogens with zero attached hydrogens (tertiary/aromatic N) is 3. The van der Waals surface area contributed by atoms with Crippen LogP contribution in [0, 0.1) is 12.3 Å². The number of likely N-dealkylation sites (N-methyl/N-ethyl adjacent to an activating group) is 1. The molecule has 1 amide bonds. The first-order chi connectivity index (χ1) is 16.7. The fourth-order valence-corrected chi connectivity index (χ4v) is 4.69. The molecule has 9 nitrogen and oxygen atoms in total. The van der Waals surface area contributed by atoms with Crippen molar-refractivity contribution in [2.24, 2.45) is 0 Å². The predicted molar refractivity (Wildman–Crippen MR) is 136 cm³/mol. The lowest BCUT2D eigenvalue weighted by Gasteiger charge is -2.41. The van der Waals surface area contributed by atoms with Gasteiger partial charge < -0.3 is 20.8 Å². The van der Waals surface area contributed by atoms with Gasteiger partial charge in [-0.05, 0) is 44.0 Å². The van der Waals surface area contributed by atoms with Crippen LogP contribution in [0.5, 0.6) is 0 Å². The van der Waals surface area contributed by atoms with E-state index in [-0.39, 0.29) is 29.4 Å². The number of nitrogen functional groups attached to an aromatic ring is 1. The second kappa shape index (κ2) is 10.1. The molecule has 4 rings (SSSR count). The Morgan fingerprint density at radius 1 is 1.29 bits per heavy atom. The zero-order valence-electron chi connectivity index (χ0n) is 21.1. The van der Waals surface area contributed by atoms with Crippen LogP contribution in [0.2, 0.25) is 0 Å². The minimum Gasteiger partial charge on any atom is -0.377 e. The van der Waals surface area contributed by atoms with Gasteiger partial charge in [0.1, 0.15) is 5.49 Å². The van der Waals surface area contributed by atoms with Crippen LogP contribution in [-0.4, -0.2) is 58.5 Å². The van der Waals surface area contributed by atoms with Gasteiger partial charge in [-0.25, -0.2) is 0 Å². The highest BCUT2D eigenvalue weighted by molar-refractivity contribution is 5.79. The summed E-state index contributed by atoms with van der Waals surface area (Å²) >= 11 is 0. The van der Waals surface area contributed by atoms with Crippen molar-refractivity contribution < 1.29 is 9.53 Å². The van der Waals surface area contributed by atoms with Crippen LogP contribution in [0.25, 0.3) is 22.5 Å². The molecule has 0 spiro atoms. The first-order valence-corrected chi connectivity index (χ1v) is 12.0. The van der Waals surface area contributed by atoms with E-state index in [4.69, 9.17) is 16.0 Å². The number of hydrogen-bond donors (Lipinski definition) is 4. The molecule has 3 aromatic rings. The molecule has 1 aliphatic rings. The average molecular weight is 478 g/mol. The Bertz CT molecular complexity index is 1230. The standard InChI is InChI=1S/C26H35N7O2/c1-15(2)23-24(30-31-25(23)20-10-16(3)26(27)32(28)12-20)19-8-6-18(7-9-19)17(4)33(21-13-35-14-21)22(34)11-29-5/h6-10,12,15,17,21,27,29H,11,13-14,28H2,1-5H3,(H,30,31). The normalized spacial score (nSPS) is 14.7. The van der Waals surface area contributed by atoms with Gasteiger partial charge in [0.05, 0.1) is 43.2 Å². The number of benzene rings is 1. The summed E-state index contributed by atoms with van der Waals surface area (Å²) in [6.45, 7) is 9.68. The number of ether oxygens (including phenoxy) is 1. The van der Waals surface area contributed by atoms with E-state index >= 15 is 0 Å². The van der Waals surface area contributed by atoms with Crippen LogP contribution < -0.4 is 16.6 Å². The van der Waals surface area contributed by atoms with Gasteiger partial charge in [-0.15, -0.1) is 0 Å². The Labute approximate surface area is 205 Å². The number of carbonyl (C=O) groups is 1. The van der Waals surface area contributed by atoms with Crippen molar-refractivity contribution in [1.82, 2.24) is 25.1 Å². The SMILES string of the molecule is CNCC(=O)N(C1COC1)C(C)c1ccc(-c2n[nH]c(-c3cc(C)c(=N)n(N)c3)c2C(C)C)cc1. The molecule has 5 N–H and O–H groups in total. The molecule has 0 radical (unpaired) electrons. The lowest BCUT2D eigenvalue weighted by molar-refractivity contribution is -0.147. The number of aromatic nitrogens is 3. The van der Waals surface area contributed by atoms with E-state index in [1.165, 1.54) is 4.68 Å². The fraction of sp³-hybridized carbons (Fsp3) is 0.423. The molecule has 9 heteroatoms. The molecule has 1 aliphatic heterocycles. The number of aromatic amines is 1. The number of nitrogens with two attached hydrogens (primary N) is 1. The van der Waals surface area contributed by atoms with E-state index < -0.39 is 0 Å². The maximum atomic E-state index is 12.8. The van der Waals surface area contributed by atoms with E-state index in [1.54, 1.807) is 13.2 Å². The Kier molecular flexibility index (Phi) is 7.09. The Hall–Kier alpha value is -3.43. The molecule has 0 saturated carbocycles. The highest BCUT2D eigenvalue weighted by Crippen LogP contribution is 2.36. The van der Waals surface area contributed by atoms with Crippen molar-refractivity contribution >= 4 is 5.91 Å². The molecule has 1 fully saturated rings. The molecule has 186 valence electrons. The third-order valence-corrected chi connectivity index (χ3v) is 6.67. The molecular weight excluding hydrogens is 442 g/mol. The van der Waals surface area contributed by atoms with Crippen molar-refractivity contribution in [3.8, 4) is 22.5 Å². The highest BCUT2D eigenvalue weighted by Gasteiger charge is 2.33. The minimum absolute atomic E-state index is 0.0653. The van der Waals surface area contributed by atoms with Crippen LogP contribution >= 0.6 is 0 Å². The molecular formula is C26H35N7O2. The molecule has 0 bridgehead atoms. The summed E-state index contributed by atoms with van der Waals surface area (Å²) in [6, 6.07) is 10.3. The Balaban J connectivity index is 1.67. The van der Waals surface area contributed by atoms with E-state index in [0.29, 0.717) is 19.8 Å². The first-order valence-electron chi connectivity index (χ1n) is 12.0. The molecule has 0 aliphatic carbocycles. The zero-order valence-corrected chi connectivity index (χ0v) is 21.1. The quantitative estimate of drug-likeness (QED) is 0.371. The number of rotatable bonds is 8. The van der Waals surface area contributed by atoms with Crippen LogP contribution in [0.1, 0.15) is 49.4 Å². The van der Waals surface area contributed by atoms with Crippen LogP contribution in [-0.2, 0) is 9.53 Å². The number of H-pyrrole nitrogens is 1. The molecule has 2 aromatic heterocycles. The van der Waals surface area contributed by atoms with Gasteiger partial charge in [0, 0.05) is 22.9 Å². The van der Waals surface area contributed by atoms with Gasteiger partial charge in [-0.3, -0.25) is 20.0 Å². The van der Waals surface area contributed by atoms with E-state index in [2.05, 4.69) is 60.6 Å². The topological polar surface area (TPSA) is 125 Å². The Morgan fingerprint density at radius 3 is 2.51 bits per heavy atom.